The first-order valence-corrected chi connectivity index (χ1v) is 15.2. The summed E-state index contributed by atoms with van der Waals surface area (Å²) in [6, 6.07) is 12.0. The van der Waals surface area contributed by atoms with Crippen LogP contribution in [0.5, 0.6) is 11.5 Å². The maximum atomic E-state index is 14.9. The van der Waals surface area contributed by atoms with E-state index in [1.807, 2.05) is 18.3 Å². The molecule has 4 heterocycles. The lowest BCUT2D eigenvalue weighted by Crippen LogP contribution is -2.46. The Bertz CT molecular complexity index is 1600. The lowest BCUT2D eigenvalue weighted by Gasteiger charge is -2.34. The molecule has 0 bridgehead atoms. The van der Waals surface area contributed by atoms with Crippen LogP contribution >= 0.6 is 11.3 Å². The highest BCUT2D eigenvalue weighted by atomic mass is 32.1. The Morgan fingerprint density at radius 3 is 2.56 bits per heavy atom. The van der Waals surface area contributed by atoms with Crippen LogP contribution in [0.4, 0.5) is 14.9 Å². The van der Waals surface area contributed by atoms with E-state index >= 15 is 0 Å². The number of urea groups is 1. The third kappa shape index (κ3) is 7.45. The number of hydrogen-bond donors (Lipinski definition) is 2. The number of halogens is 1. The molecule has 6 rings (SSSR count). The van der Waals surface area contributed by atoms with Crippen LogP contribution in [-0.2, 0) is 16.1 Å². The normalized spacial score (nSPS) is 15.8. The molecule has 0 spiro atoms. The van der Waals surface area contributed by atoms with Gasteiger partial charge in [0.15, 0.2) is 11.6 Å². The van der Waals surface area contributed by atoms with Gasteiger partial charge in [0.1, 0.15) is 5.75 Å². The van der Waals surface area contributed by atoms with E-state index in [4.69, 9.17) is 14.5 Å². The molecule has 12 heteroatoms. The minimum absolute atomic E-state index is 0.0578. The fraction of sp³-hybridized carbons (Fsp3) is 0.355. The summed E-state index contributed by atoms with van der Waals surface area (Å²) in [7, 11) is 1.42. The molecule has 2 aliphatic rings. The summed E-state index contributed by atoms with van der Waals surface area (Å²) in [5.74, 6) is -0.196. The Labute approximate surface area is 252 Å². The summed E-state index contributed by atoms with van der Waals surface area (Å²) < 4.78 is 26.4. The largest absolute Gasteiger partial charge is 0.469 e. The van der Waals surface area contributed by atoms with E-state index in [2.05, 4.69) is 31.5 Å². The van der Waals surface area contributed by atoms with Crippen LogP contribution in [0.1, 0.15) is 24.8 Å². The second-order valence-corrected chi connectivity index (χ2v) is 11.8. The number of thiophene rings is 1. The zero-order valence-corrected chi connectivity index (χ0v) is 24.7. The molecule has 1 aliphatic heterocycles. The SMILES string of the molecule is COC(=O)CCN1CCN(Cc2ccc(-c3cc4nccc(Oc5ccc(NC(=O)NC6CC6)cc5F)c4s3)nc2)CC1. The minimum Gasteiger partial charge on any atom is -0.469 e. The predicted octanol–water partition coefficient (Wildman–Crippen LogP) is 5.25. The highest BCUT2D eigenvalue weighted by molar-refractivity contribution is 7.22. The average molecular weight is 605 g/mol. The lowest BCUT2D eigenvalue weighted by molar-refractivity contribution is -0.141. The molecule has 10 nitrogen and oxygen atoms in total. The highest BCUT2D eigenvalue weighted by Gasteiger charge is 2.23. The van der Waals surface area contributed by atoms with E-state index < -0.39 is 5.82 Å². The topological polar surface area (TPSA) is 109 Å². The van der Waals surface area contributed by atoms with Gasteiger partial charge in [0.05, 0.1) is 34.3 Å². The number of anilines is 1. The zero-order chi connectivity index (χ0) is 29.8. The van der Waals surface area contributed by atoms with Crippen molar-refractivity contribution in [1.82, 2.24) is 25.1 Å². The standard InChI is InChI=1S/C31H33FN6O4S/c1-41-29(39)9-11-37-12-14-38(15-13-37)19-20-2-6-24(34-18-20)28-17-25-30(43-28)27(8-10-33-25)42-26-7-5-22(16-23(26)32)36-31(40)35-21-3-4-21/h2,5-8,10,16-18,21H,3-4,9,11-15,19H2,1H3,(H2,35,36,40). The Morgan fingerprint density at radius 1 is 1.02 bits per heavy atom. The van der Waals surface area contributed by atoms with Crippen molar-refractivity contribution in [2.75, 3.05) is 45.2 Å². The molecule has 43 heavy (non-hydrogen) atoms. The number of ether oxygens (including phenoxy) is 2. The summed E-state index contributed by atoms with van der Waals surface area (Å²) >= 11 is 1.49. The molecule has 1 aromatic carbocycles. The second-order valence-electron chi connectivity index (χ2n) is 10.7. The molecular weight excluding hydrogens is 571 g/mol. The number of nitrogens with one attached hydrogen (secondary N) is 2. The number of methoxy groups -OCH3 is 1. The molecule has 0 atom stereocenters. The van der Waals surface area contributed by atoms with Crippen LogP contribution in [-0.4, -0.2) is 77.6 Å². The van der Waals surface area contributed by atoms with Crippen molar-refractivity contribution in [3.8, 4) is 22.1 Å². The van der Waals surface area contributed by atoms with Crippen LogP contribution in [0.15, 0.2) is 54.9 Å². The molecule has 2 fully saturated rings. The van der Waals surface area contributed by atoms with E-state index in [0.29, 0.717) is 17.9 Å². The Balaban J connectivity index is 1.07. The van der Waals surface area contributed by atoms with Gasteiger partial charge in [0.2, 0.25) is 0 Å². The molecule has 1 aliphatic carbocycles. The summed E-state index contributed by atoms with van der Waals surface area (Å²) in [5.41, 5.74) is 3.06. The van der Waals surface area contributed by atoms with Gasteiger partial charge in [-0.1, -0.05) is 6.07 Å². The number of rotatable bonds is 10. The number of carbonyl (C=O) groups is 2. The van der Waals surface area contributed by atoms with E-state index in [1.165, 1.54) is 30.6 Å². The highest BCUT2D eigenvalue weighted by Crippen LogP contribution is 2.39. The average Bonchev–Trinajstić information content (AvgIpc) is 3.71. The second kappa shape index (κ2) is 13.0. The molecule has 1 saturated heterocycles. The van der Waals surface area contributed by atoms with Gasteiger partial charge in [-0.05, 0) is 42.7 Å². The van der Waals surface area contributed by atoms with E-state index in [1.54, 1.807) is 18.3 Å². The summed E-state index contributed by atoms with van der Waals surface area (Å²) in [5, 5.41) is 5.47. The first-order valence-electron chi connectivity index (χ1n) is 14.3. The van der Waals surface area contributed by atoms with Gasteiger partial charge < -0.3 is 25.0 Å². The van der Waals surface area contributed by atoms with Crippen LogP contribution in [0.3, 0.4) is 0 Å². The number of hydrogen-bond acceptors (Lipinski definition) is 9. The van der Waals surface area contributed by atoms with Gasteiger partial charge >= 0.3 is 12.0 Å². The number of piperazine rings is 1. The number of pyridine rings is 2. The molecule has 2 N–H and O–H groups in total. The Hall–Kier alpha value is -4.13. The first-order chi connectivity index (χ1) is 20.9. The Morgan fingerprint density at radius 2 is 1.84 bits per heavy atom. The molecule has 0 unspecified atom stereocenters. The smallest absolute Gasteiger partial charge is 0.319 e. The van der Waals surface area contributed by atoms with Gasteiger partial charge in [-0.15, -0.1) is 11.3 Å². The van der Waals surface area contributed by atoms with E-state index in [-0.39, 0.29) is 23.8 Å². The van der Waals surface area contributed by atoms with Crippen LogP contribution in [0, 0.1) is 5.82 Å². The third-order valence-electron chi connectivity index (χ3n) is 7.51. The monoisotopic (exact) mass is 604 g/mol. The van der Waals surface area contributed by atoms with Gasteiger partial charge in [-0.25, -0.2) is 9.18 Å². The van der Waals surface area contributed by atoms with Crippen molar-refractivity contribution in [3.05, 3.63) is 66.2 Å². The summed E-state index contributed by atoms with van der Waals surface area (Å²) in [4.78, 5) is 38.2. The molecule has 4 aromatic rings. The quantitative estimate of drug-likeness (QED) is 0.236. The Kier molecular flexibility index (Phi) is 8.77. The van der Waals surface area contributed by atoms with Crippen LogP contribution in [0.2, 0.25) is 0 Å². The van der Waals surface area contributed by atoms with Crippen molar-refractivity contribution in [1.29, 1.82) is 0 Å². The van der Waals surface area contributed by atoms with E-state index in [0.717, 1.165) is 78.5 Å². The predicted molar refractivity (Wildman–Crippen MR) is 163 cm³/mol. The number of aromatic nitrogens is 2. The maximum Gasteiger partial charge on any atom is 0.319 e. The fourth-order valence-electron chi connectivity index (χ4n) is 4.93. The maximum absolute atomic E-state index is 14.9. The van der Waals surface area contributed by atoms with Crippen molar-refractivity contribution in [3.63, 3.8) is 0 Å². The zero-order valence-electron chi connectivity index (χ0n) is 23.8. The van der Waals surface area contributed by atoms with Crippen LogP contribution in [0.25, 0.3) is 20.8 Å². The molecular formula is C31H33FN6O4S. The van der Waals surface area contributed by atoms with Crippen molar-refractivity contribution in [2.45, 2.75) is 31.8 Å². The van der Waals surface area contributed by atoms with Crippen molar-refractivity contribution < 1.29 is 23.5 Å². The van der Waals surface area contributed by atoms with Crippen molar-refractivity contribution in [2.24, 2.45) is 0 Å². The number of fused-ring (bicyclic) bond motifs is 1. The van der Waals surface area contributed by atoms with Gasteiger partial charge in [-0.3, -0.25) is 19.7 Å². The number of carbonyl (C=O) groups excluding carboxylic acids is 2. The minimum atomic E-state index is -0.578. The molecule has 224 valence electrons. The fourth-order valence-corrected chi connectivity index (χ4v) is 5.97. The summed E-state index contributed by atoms with van der Waals surface area (Å²) in [6.45, 7) is 5.25. The molecule has 3 aromatic heterocycles. The molecule has 1 saturated carbocycles. The number of esters is 1. The van der Waals surface area contributed by atoms with Gasteiger partial charge in [-0.2, -0.15) is 0 Å². The summed E-state index contributed by atoms with van der Waals surface area (Å²) in [6.07, 6.45) is 5.91. The van der Waals surface area contributed by atoms with Gasteiger partial charge in [0.25, 0.3) is 0 Å². The molecule has 2 amide bonds. The number of nitrogens with zero attached hydrogens (tertiary/aromatic N) is 4. The van der Waals surface area contributed by atoms with E-state index in [9.17, 15) is 14.0 Å². The lowest BCUT2D eigenvalue weighted by atomic mass is 10.2. The van der Waals surface area contributed by atoms with Crippen molar-refractivity contribution >= 4 is 39.2 Å². The third-order valence-corrected chi connectivity index (χ3v) is 8.67. The number of benzene rings is 1. The van der Waals surface area contributed by atoms with Gasteiger partial charge in [0, 0.05) is 75.5 Å². The van der Waals surface area contributed by atoms with Crippen LogP contribution < -0.4 is 15.4 Å². The first kappa shape index (κ1) is 29.0. The number of amides is 2. The molecule has 0 radical (unpaired) electrons.